The first kappa shape index (κ1) is 17.1. The highest BCUT2D eigenvalue weighted by atomic mass is 16.5. The topological polar surface area (TPSA) is 60.4 Å². The number of unbranched alkanes of at least 4 members (excludes halogenated alkanes) is 2. The molecule has 0 spiro atoms. The number of hydrogen-bond donors (Lipinski definition) is 0. The standard InChI is InChI=1S/C17H22O4/c1-2-21-17(20)12-8-4-7-11-15(18)13-16(19)14-9-5-3-6-10-14/h3,5-6,9-10H,2,4,7-8,11-13H2,1H3. The molecule has 4 nitrogen and oxygen atoms in total. The number of rotatable bonds is 10. The highest BCUT2D eigenvalue weighted by molar-refractivity contribution is 6.07. The van der Waals surface area contributed by atoms with Crippen molar-refractivity contribution in [1.29, 1.82) is 0 Å². The first-order valence-electron chi connectivity index (χ1n) is 7.39. The maximum Gasteiger partial charge on any atom is 0.305 e. The van der Waals surface area contributed by atoms with Crippen LogP contribution in [0.25, 0.3) is 0 Å². The number of Topliss-reactive ketones (excluding diaryl/α,β-unsaturated/α-hetero) is 2. The molecule has 21 heavy (non-hydrogen) atoms. The summed E-state index contributed by atoms with van der Waals surface area (Å²) in [4.78, 5) is 34.6. The Balaban J connectivity index is 2.14. The van der Waals surface area contributed by atoms with E-state index in [1.807, 2.05) is 6.07 Å². The fourth-order valence-corrected chi connectivity index (χ4v) is 2.00. The number of esters is 1. The normalized spacial score (nSPS) is 10.1. The van der Waals surface area contributed by atoms with Crippen LogP contribution in [0, 0.1) is 0 Å². The second kappa shape index (κ2) is 9.86. The molecule has 0 saturated carbocycles. The minimum Gasteiger partial charge on any atom is -0.466 e. The summed E-state index contributed by atoms with van der Waals surface area (Å²) in [6.45, 7) is 2.18. The Labute approximate surface area is 125 Å². The first-order chi connectivity index (χ1) is 10.1. The predicted octanol–water partition coefficient (Wildman–Crippen LogP) is 3.34. The third kappa shape index (κ3) is 7.40. The number of ketones is 2. The molecular formula is C17H22O4. The van der Waals surface area contributed by atoms with Gasteiger partial charge in [-0.2, -0.15) is 0 Å². The van der Waals surface area contributed by atoms with Crippen LogP contribution in [0.4, 0.5) is 0 Å². The molecule has 0 saturated heterocycles. The van der Waals surface area contributed by atoms with E-state index in [-0.39, 0.29) is 24.0 Å². The van der Waals surface area contributed by atoms with Gasteiger partial charge in [0.1, 0.15) is 5.78 Å². The lowest BCUT2D eigenvalue weighted by atomic mass is 10.0. The Morgan fingerprint density at radius 1 is 0.952 bits per heavy atom. The summed E-state index contributed by atoms with van der Waals surface area (Å²) in [5.41, 5.74) is 0.577. The molecule has 0 radical (unpaired) electrons. The van der Waals surface area contributed by atoms with Gasteiger partial charge in [0.05, 0.1) is 13.0 Å². The molecule has 0 amide bonds. The highest BCUT2D eigenvalue weighted by Gasteiger charge is 2.11. The SMILES string of the molecule is CCOC(=O)CCCCCC(=O)CC(=O)c1ccccc1. The van der Waals surface area contributed by atoms with E-state index < -0.39 is 0 Å². The Bertz CT molecular complexity index is 465. The third-order valence-corrected chi connectivity index (χ3v) is 3.10. The van der Waals surface area contributed by atoms with Crippen molar-refractivity contribution in [2.45, 2.75) is 45.4 Å². The van der Waals surface area contributed by atoms with Crippen molar-refractivity contribution in [3.05, 3.63) is 35.9 Å². The minimum atomic E-state index is -0.192. The maximum absolute atomic E-state index is 11.8. The summed E-state index contributed by atoms with van der Waals surface area (Å²) >= 11 is 0. The van der Waals surface area contributed by atoms with Crippen LogP contribution < -0.4 is 0 Å². The van der Waals surface area contributed by atoms with Gasteiger partial charge in [0.2, 0.25) is 0 Å². The lowest BCUT2D eigenvalue weighted by Gasteiger charge is -2.02. The van der Waals surface area contributed by atoms with Gasteiger partial charge in [-0.1, -0.05) is 36.8 Å². The van der Waals surface area contributed by atoms with Gasteiger partial charge in [-0.25, -0.2) is 0 Å². The van der Waals surface area contributed by atoms with E-state index in [2.05, 4.69) is 0 Å². The summed E-state index contributed by atoms with van der Waals surface area (Å²) in [7, 11) is 0. The molecular weight excluding hydrogens is 268 g/mol. The second-order valence-corrected chi connectivity index (χ2v) is 4.87. The largest absolute Gasteiger partial charge is 0.466 e. The van der Waals surface area contributed by atoms with Gasteiger partial charge in [0.25, 0.3) is 0 Å². The monoisotopic (exact) mass is 290 g/mol. The lowest BCUT2D eigenvalue weighted by Crippen LogP contribution is -2.08. The number of hydrogen-bond acceptors (Lipinski definition) is 4. The van der Waals surface area contributed by atoms with Crippen LogP contribution in [-0.2, 0) is 14.3 Å². The van der Waals surface area contributed by atoms with Crippen LogP contribution in [0.2, 0.25) is 0 Å². The molecule has 0 N–H and O–H groups in total. The molecule has 0 unspecified atom stereocenters. The van der Waals surface area contributed by atoms with Gasteiger partial charge in [-0.05, 0) is 19.8 Å². The van der Waals surface area contributed by atoms with Gasteiger partial charge in [-0.15, -0.1) is 0 Å². The van der Waals surface area contributed by atoms with Crippen LogP contribution in [0.1, 0.15) is 55.8 Å². The quantitative estimate of drug-likeness (QED) is 0.287. The van der Waals surface area contributed by atoms with E-state index in [9.17, 15) is 14.4 Å². The number of benzene rings is 1. The van der Waals surface area contributed by atoms with Crippen molar-refractivity contribution in [1.82, 2.24) is 0 Å². The molecule has 1 rings (SSSR count). The Hall–Kier alpha value is -1.97. The van der Waals surface area contributed by atoms with Crippen molar-refractivity contribution in [2.75, 3.05) is 6.61 Å². The van der Waals surface area contributed by atoms with E-state index in [0.717, 1.165) is 12.8 Å². The molecule has 0 aliphatic rings. The Morgan fingerprint density at radius 2 is 1.62 bits per heavy atom. The summed E-state index contributed by atoms with van der Waals surface area (Å²) in [5, 5.41) is 0. The molecule has 0 bridgehead atoms. The van der Waals surface area contributed by atoms with Crippen molar-refractivity contribution in [2.24, 2.45) is 0 Å². The Morgan fingerprint density at radius 3 is 2.29 bits per heavy atom. The third-order valence-electron chi connectivity index (χ3n) is 3.10. The van der Waals surface area contributed by atoms with Gasteiger partial charge in [0, 0.05) is 18.4 Å². The Kier molecular flexibility index (Phi) is 8.02. The van der Waals surface area contributed by atoms with Crippen LogP contribution >= 0.6 is 0 Å². The smallest absolute Gasteiger partial charge is 0.305 e. The van der Waals surface area contributed by atoms with Crippen molar-refractivity contribution in [3.63, 3.8) is 0 Å². The van der Waals surface area contributed by atoms with E-state index in [0.29, 0.717) is 31.4 Å². The average Bonchev–Trinajstić information content (AvgIpc) is 2.48. The zero-order valence-corrected chi connectivity index (χ0v) is 12.5. The molecule has 0 atom stereocenters. The van der Waals surface area contributed by atoms with Crippen LogP contribution in [0.5, 0.6) is 0 Å². The highest BCUT2D eigenvalue weighted by Crippen LogP contribution is 2.09. The second-order valence-electron chi connectivity index (χ2n) is 4.87. The molecule has 114 valence electrons. The molecule has 0 aromatic heterocycles. The molecule has 0 heterocycles. The lowest BCUT2D eigenvalue weighted by molar-refractivity contribution is -0.143. The maximum atomic E-state index is 11.8. The minimum absolute atomic E-state index is 0.0398. The summed E-state index contributed by atoms with van der Waals surface area (Å²) < 4.78 is 4.82. The van der Waals surface area contributed by atoms with Gasteiger partial charge >= 0.3 is 5.97 Å². The van der Waals surface area contributed by atoms with Crippen molar-refractivity contribution < 1.29 is 19.1 Å². The zero-order valence-electron chi connectivity index (χ0n) is 12.5. The first-order valence-corrected chi connectivity index (χ1v) is 7.39. The van der Waals surface area contributed by atoms with E-state index in [4.69, 9.17) is 4.74 Å². The van der Waals surface area contributed by atoms with Gasteiger partial charge in [0.15, 0.2) is 5.78 Å². The van der Waals surface area contributed by atoms with Gasteiger partial charge < -0.3 is 4.74 Å². The summed E-state index contributed by atoms with van der Waals surface area (Å²) in [6, 6.07) is 8.84. The summed E-state index contributed by atoms with van der Waals surface area (Å²) in [6.07, 6.45) is 2.97. The van der Waals surface area contributed by atoms with E-state index in [1.54, 1.807) is 31.2 Å². The molecule has 1 aromatic carbocycles. The fraction of sp³-hybridized carbons (Fsp3) is 0.471. The zero-order chi connectivity index (χ0) is 15.5. The number of ether oxygens (including phenoxy) is 1. The van der Waals surface area contributed by atoms with E-state index in [1.165, 1.54) is 0 Å². The van der Waals surface area contributed by atoms with Crippen molar-refractivity contribution in [3.8, 4) is 0 Å². The van der Waals surface area contributed by atoms with Crippen molar-refractivity contribution >= 4 is 17.5 Å². The fourth-order valence-electron chi connectivity index (χ4n) is 2.00. The molecule has 1 aromatic rings. The van der Waals surface area contributed by atoms with Gasteiger partial charge in [-0.3, -0.25) is 14.4 Å². The molecule has 4 heteroatoms. The molecule has 0 aliphatic heterocycles. The predicted molar refractivity (Wildman–Crippen MR) is 80.1 cm³/mol. The van der Waals surface area contributed by atoms with Crippen LogP contribution in [0.15, 0.2) is 30.3 Å². The number of carbonyl (C=O) groups is 3. The molecule has 0 aliphatic carbocycles. The van der Waals surface area contributed by atoms with E-state index >= 15 is 0 Å². The van der Waals surface area contributed by atoms with Crippen LogP contribution in [0.3, 0.4) is 0 Å². The number of carbonyl (C=O) groups excluding carboxylic acids is 3. The summed E-state index contributed by atoms with van der Waals surface area (Å²) in [5.74, 6) is -0.366. The average molecular weight is 290 g/mol. The molecule has 0 fully saturated rings. The van der Waals surface area contributed by atoms with Crippen LogP contribution in [-0.4, -0.2) is 24.1 Å².